The van der Waals surface area contributed by atoms with Gasteiger partial charge in [0.1, 0.15) is 5.75 Å². The van der Waals surface area contributed by atoms with Crippen LogP contribution in [0.25, 0.3) is 11.2 Å². The summed E-state index contributed by atoms with van der Waals surface area (Å²) in [5.74, 6) is 0.703. The Kier molecular flexibility index (Phi) is 2.65. The van der Waals surface area contributed by atoms with E-state index < -0.39 is 5.69 Å². The number of imidazole rings is 1. The average Bonchev–Trinajstić information content (AvgIpc) is 3.10. The molecule has 1 aliphatic heterocycles. The quantitative estimate of drug-likeness (QED) is 0.698. The molecule has 1 aliphatic rings. The van der Waals surface area contributed by atoms with Crippen molar-refractivity contribution in [1.29, 1.82) is 0 Å². The first-order valence-electron chi connectivity index (χ1n) is 7.22. The molecule has 1 aromatic carbocycles. The number of hydrogen-bond donors (Lipinski definition) is 1. The molecule has 3 heterocycles. The average molecular weight is 313 g/mol. The largest absolute Gasteiger partial charge is 0.506 e. The molecule has 0 unspecified atom stereocenters. The van der Waals surface area contributed by atoms with Crippen molar-refractivity contribution < 1.29 is 5.11 Å². The monoisotopic (exact) mass is 313 g/mol. The summed E-state index contributed by atoms with van der Waals surface area (Å²) in [6.45, 7) is 1.16. The van der Waals surface area contributed by atoms with E-state index in [0.717, 1.165) is 4.57 Å². The Morgan fingerprint density at radius 1 is 1.09 bits per heavy atom. The van der Waals surface area contributed by atoms with Gasteiger partial charge in [0.15, 0.2) is 11.2 Å². The van der Waals surface area contributed by atoms with E-state index in [2.05, 4.69) is 4.98 Å². The number of aromatic hydroxyl groups is 1. The first-order valence-corrected chi connectivity index (χ1v) is 7.22. The van der Waals surface area contributed by atoms with E-state index in [1.54, 1.807) is 29.8 Å². The summed E-state index contributed by atoms with van der Waals surface area (Å²) in [6.07, 6.45) is 0. The second kappa shape index (κ2) is 4.48. The molecule has 2 aromatic heterocycles. The van der Waals surface area contributed by atoms with Crippen molar-refractivity contribution >= 4 is 22.8 Å². The molecular weight excluding hydrogens is 298 g/mol. The number of hydrogen-bond acceptors (Lipinski definition) is 5. The van der Waals surface area contributed by atoms with Gasteiger partial charge in [-0.3, -0.25) is 13.9 Å². The molecule has 4 rings (SSSR count). The van der Waals surface area contributed by atoms with Crippen LogP contribution in [0, 0.1) is 0 Å². The lowest BCUT2D eigenvalue weighted by Gasteiger charge is -2.17. The molecule has 0 saturated heterocycles. The Morgan fingerprint density at radius 3 is 2.57 bits per heavy atom. The summed E-state index contributed by atoms with van der Waals surface area (Å²) < 4.78 is 4.24. The number of aryl methyl sites for hydroxylation is 1. The molecule has 8 nitrogen and oxygen atoms in total. The summed E-state index contributed by atoms with van der Waals surface area (Å²) >= 11 is 0. The molecule has 3 aromatic rings. The number of aromatic nitrogens is 4. The van der Waals surface area contributed by atoms with Gasteiger partial charge in [0.25, 0.3) is 5.56 Å². The number of benzene rings is 1. The number of anilines is 2. The van der Waals surface area contributed by atoms with Gasteiger partial charge < -0.3 is 14.6 Å². The van der Waals surface area contributed by atoms with Crippen molar-refractivity contribution in [2.24, 2.45) is 14.1 Å². The second-order valence-corrected chi connectivity index (χ2v) is 5.58. The summed E-state index contributed by atoms with van der Waals surface area (Å²) in [5, 5.41) is 10.1. The molecule has 0 bridgehead atoms. The standard InChI is InChI=1S/C15H15N5O3/c1-17-12-11(13(22)18(2)15(17)23)20-8-7-19(14(20)16-12)9-5-3-4-6-10(9)21/h3-6,21H,7-8H2,1-2H3. The number of phenolic OH excluding ortho intramolecular Hbond substituents is 1. The third kappa shape index (κ3) is 1.68. The van der Waals surface area contributed by atoms with Gasteiger partial charge in [-0.15, -0.1) is 0 Å². The van der Waals surface area contributed by atoms with E-state index in [0.29, 0.717) is 35.9 Å². The number of para-hydroxylation sites is 2. The first kappa shape index (κ1) is 13.6. The summed E-state index contributed by atoms with van der Waals surface area (Å²) in [7, 11) is 3.05. The smallest absolute Gasteiger partial charge is 0.332 e. The maximum absolute atomic E-state index is 12.5. The highest BCUT2D eigenvalue weighted by Gasteiger charge is 2.29. The number of nitrogens with zero attached hydrogens (tertiary/aromatic N) is 5. The highest BCUT2D eigenvalue weighted by Crippen LogP contribution is 2.36. The van der Waals surface area contributed by atoms with Crippen LogP contribution in [0.1, 0.15) is 0 Å². The van der Waals surface area contributed by atoms with Crippen molar-refractivity contribution in [2.75, 3.05) is 11.4 Å². The number of rotatable bonds is 1. The zero-order chi connectivity index (χ0) is 16.3. The van der Waals surface area contributed by atoms with Crippen molar-refractivity contribution in [3.05, 3.63) is 45.1 Å². The Balaban J connectivity index is 2.03. The molecule has 1 N–H and O–H groups in total. The molecule has 0 fully saturated rings. The van der Waals surface area contributed by atoms with Crippen molar-refractivity contribution in [3.63, 3.8) is 0 Å². The lowest BCUT2D eigenvalue weighted by atomic mass is 10.2. The fourth-order valence-corrected chi connectivity index (χ4v) is 3.07. The predicted octanol–water partition coefficient (Wildman–Crippen LogP) is 0.291. The van der Waals surface area contributed by atoms with Crippen LogP contribution in [-0.4, -0.2) is 30.3 Å². The van der Waals surface area contributed by atoms with Gasteiger partial charge in [-0.1, -0.05) is 12.1 Å². The fraction of sp³-hybridized carbons (Fsp3) is 0.267. The molecule has 0 saturated carbocycles. The fourth-order valence-electron chi connectivity index (χ4n) is 3.07. The SMILES string of the molecule is Cn1c(=O)c2c(nc3n2CCN3c2ccccc2O)n(C)c1=O. The zero-order valence-electron chi connectivity index (χ0n) is 12.7. The Bertz CT molecular complexity index is 1060. The molecule has 23 heavy (non-hydrogen) atoms. The molecule has 118 valence electrons. The summed E-state index contributed by atoms with van der Waals surface area (Å²) in [4.78, 5) is 30.8. The third-order valence-electron chi connectivity index (χ3n) is 4.29. The van der Waals surface area contributed by atoms with Crippen LogP contribution >= 0.6 is 0 Å². The number of phenols is 1. The Labute approximate surface area is 130 Å². The first-order chi connectivity index (χ1) is 11.0. The topological polar surface area (TPSA) is 85.3 Å². The highest BCUT2D eigenvalue weighted by atomic mass is 16.3. The minimum absolute atomic E-state index is 0.148. The van der Waals surface area contributed by atoms with Crippen molar-refractivity contribution in [2.45, 2.75) is 6.54 Å². The van der Waals surface area contributed by atoms with Gasteiger partial charge in [-0.2, -0.15) is 4.98 Å². The van der Waals surface area contributed by atoms with Crippen LogP contribution in [0.4, 0.5) is 11.6 Å². The highest BCUT2D eigenvalue weighted by molar-refractivity contribution is 5.78. The van der Waals surface area contributed by atoms with Gasteiger partial charge in [0, 0.05) is 27.2 Å². The van der Waals surface area contributed by atoms with Crippen LogP contribution in [0.15, 0.2) is 33.9 Å². The molecule has 0 radical (unpaired) electrons. The van der Waals surface area contributed by atoms with Gasteiger partial charge in [0.2, 0.25) is 5.95 Å². The minimum Gasteiger partial charge on any atom is -0.506 e. The molecule has 0 amide bonds. The normalized spacial score (nSPS) is 13.7. The molecular formula is C15H15N5O3. The van der Waals surface area contributed by atoms with E-state index >= 15 is 0 Å². The molecule has 8 heteroatoms. The van der Waals surface area contributed by atoms with E-state index in [-0.39, 0.29) is 11.3 Å². The summed E-state index contributed by atoms with van der Waals surface area (Å²) in [6, 6.07) is 6.98. The Morgan fingerprint density at radius 2 is 1.83 bits per heavy atom. The van der Waals surface area contributed by atoms with Crippen LogP contribution in [-0.2, 0) is 20.6 Å². The van der Waals surface area contributed by atoms with Crippen molar-refractivity contribution in [1.82, 2.24) is 18.7 Å². The van der Waals surface area contributed by atoms with Gasteiger partial charge in [-0.05, 0) is 12.1 Å². The summed E-state index contributed by atoms with van der Waals surface area (Å²) in [5.41, 5.74) is 0.619. The number of fused-ring (bicyclic) bond motifs is 3. The van der Waals surface area contributed by atoms with Gasteiger partial charge >= 0.3 is 5.69 Å². The van der Waals surface area contributed by atoms with E-state index in [1.807, 2.05) is 11.0 Å². The maximum atomic E-state index is 12.5. The van der Waals surface area contributed by atoms with E-state index in [1.165, 1.54) is 11.6 Å². The van der Waals surface area contributed by atoms with Crippen molar-refractivity contribution in [3.8, 4) is 5.75 Å². The van der Waals surface area contributed by atoms with Crippen LogP contribution in [0.3, 0.4) is 0 Å². The second-order valence-electron chi connectivity index (χ2n) is 5.58. The predicted molar refractivity (Wildman–Crippen MR) is 85.3 cm³/mol. The zero-order valence-corrected chi connectivity index (χ0v) is 12.7. The van der Waals surface area contributed by atoms with E-state index in [9.17, 15) is 14.7 Å². The maximum Gasteiger partial charge on any atom is 0.332 e. The van der Waals surface area contributed by atoms with Gasteiger partial charge in [0.05, 0.1) is 5.69 Å². The Hall–Kier alpha value is -3.03. The van der Waals surface area contributed by atoms with Gasteiger partial charge in [-0.25, -0.2) is 4.79 Å². The van der Waals surface area contributed by atoms with Crippen LogP contribution in [0.5, 0.6) is 5.75 Å². The van der Waals surface area contributed by atoms with E-state index in [4.69, 9.17) is 0 Å². The third-order valence-corrected chi connectivity index (χ3v) is 4.29. The molecule has 0 spiro atoms. The lowest BCUT2D eigenvalue weighted by molar-refractivity contribution is 0.475. The van der Waals surface area contributed by atoms with Crippen LogP contribution < -0.4 is 16.1 Å². The molecule has 0 aliphatic carbocycles. The molecule has 0 atom stereocenters. The minimum atomic E-state index is -0.409. The van der Waals surface area contributed by atoms with Crippen LogP contribution in [0.2, 0.25) is 0 Å². The lowest BCUT2D eigenvalue weighted by Crippen LogP contribution is -2.37.